The van der Waals surface area contributed by atoms with Crippen LogP contribution in [0.25, 0.3) is 0 Å². The van der Waals surface area contributed by atoms with Gasteiger partial charge in [-0.05, 0) is 50.2 Å². The number of carbonyl (C=O) groups excluding carboxylic acids is 4. The van der Waals surface area contributed by atoms with Gasteiger partial charge in [-0.3, -0.25) is 9.59 Å². The summed E-state index contributed by atoms with van der Waals surface area (Å²) in [6.45, 7) is 3.38. The van der Waals surface area contributed by atoms with Gasteiger partial charge in [0.2, 0.25) is 0 Å². The van der Waals surface area contributed by atoms with Crippen molar-refractivity contribution in [1.29, 1.82) is 0 Å². The molecule has 0 atom stereocenters. The van der Waals surface area contributed by atoms with Crippen LogP contribution in [0.3, 0.4) is 0 Å². The van der Waals surface area contributed by atoms with Crippen LogP contribution < -0.4 is 20.1 Å². The minimum Gasteiger partial charge on any atom is -0.482 e. The van der Waals surface area contributed by atoms with E-state index in [9.17, 15) is 19.2 Å². The average molecular weight is 521 g/mol. The maximum atomic E-state index is 13.0. The van der Waals surface area contributed by atoms with Crippen molar-refractivity contribution in [3.63, 3.8) is 0 Å². The number of ether oxygens (including phenoxy) is 4. The molecular weight excluding hydrogens is 492 g/mol. The predicted octanol–water partition coefficient (Wildman–Crippen LogP) is 4.08. The minimum atomic E-state index is -0.509. The first-order chi connectivity index (χ1) is 18.4. The molecule has 0 aromatic heterocycles. The van der Waals surface area contributed by atoms with Gasteiger partial charge in [0.05, 0.1) is 24.3 Å². The van der Waals surface area contributed by atoms with E-state index in [4.69, 9.17) is 18.9 Å². The molecule has 3 aromatic carbocycles. The lowest BCUT2D eigenvalue weighted by atomic mass is 10.1. The summed E-state index contributed by atoms with van der Waals surface area (Å²) >= 11 is 0. The molecule has 0 radical (unpaired) electrons. The molecule has 2 N–H and O–H groups in total. The van der Waals surface area contributed by atoms with Crippen molar-refractivity contribution >= 4 is 35.1 Å². The van der Waals surface area contributed by atoms with E-state index in [0.717, 1.165) is 0 Å². The molecule has 0 heterocycles. The molecule has 0 unspecified atom stereocenters. The second-order valence-corrected chi connectivity index (χ2v) is 7.70. The number of hydrogen-bond donors (Lipinski definition) is 2. The van der Waals surface area contributed by atoms with Crippen LogP contribution in [0.2, 0.25) is 0 Å². The van der Waals surface area contributed by atoms with Gasteiger partial charge in [0.25, 0.3) is 11.8 Å². The van der Waals surface area contributed by atoms with Crippen LogP contribution in [-0.4, -0.2) is 50.2 Å². The van der Waals surface area contributed by atoms with Crippen LogP contribution in [0.15, 0.2) is 72.8 Å². The van der Waals surface area contributed by atoms with Crippen molar-refractivity contribution in [3.05, 3.63) is 83.9 Å². The quantitative estimate of drug-likeness (QED) is 0.342. The summed E-state index contributed by atoms with van der Waals surface area (Å²) < 4.78 is 20.5. The topological polar surface area (TPSA) is 129 Å². The van der Waals surface area contributed by atoms with E-state index in [1.54, 1.807) is 74.5 Å². The van der Waals surface area contributed by atoms with Crippen molar-refractivity contribution in [3.8, 4) is 11.5 Å². The first kappa shape index (κ1) is 27.7. The predicted molar refractivity (Wildman–Crippen MR) is 139 cm³/mol. The van der Waals surface area contributed by atoms with E-state index < -0.39 is 23.8 Å². The standard InChI is InChI=1S/C28H28N2O8/c1-3-35-25(31)17-37-21-11-7-9-19(15-21)29-27(33)23-13-5-6-14-24(23)28(34)30-20-10-8-12-22(16-20)38-18-26(32)36-4-2/h5-16H,3-4,17-18H2,1-2H3,(H,29,33)(H,30,34). The number of benzene rings is 3. The van der Waals surface area contributed by atoms with Crippen LogP contribution in [0.1, 0.15) is 34.6 Å². The first-order valence-corrected chi connectivity index (χ1v) is 11.9. The zero-order chi connectivity index (χ0) is 27.3. The van der Waals surface area contributed by atoms with Crippen LogP contribution in [-0.2, 0) is 19.1 Å². The smallest absolute Gasteiger partial charge is 0.344 e. The highest BCUT2D eigenvalue weighted by atomic mass is 16.6. The fraction of sp³-hybridized carbons (Fsp3) is 0.214. The molecule has 3 aromatic rings. The Kier molecular flexibility index (Phi) is 10.2. The van der Waals surface area contributed by atoms with E-state index in [0.29, 0.717) is 22.9 Å². The van der Waals surface area contributed by atoms with E-state index in [-0.39, 0.29) is 37.6 Å². The summed E-state index contributed by atoms with van der Waals surface area (Å²) in [6.07, 6.45) is 0. The van der Waals surface area contributed by atoms with Gasteiger partial charge in [-0.2, -0.15) is 0 Å². The fourth-order valence-corrected chi connectivity index (χ4v) is 3.29. The van der Waals surface area contributed by atoms with Crippen molar-refractivity contribution in [2.45, 2.75) is 13.8 Å². The maximum absolute atomic E-state index is 13.0. The van der Waals surface area contributed by atoms with Crippen molar-refractivity contribution in [2.24, 2.45) is 0 Å². The third-order valence-electron chi connectivity index (χ3n) is 4.92. The lowest BCUT2D eigenvalue weighted by molar-refractivity contribution is -0.146. The average Bonchev–Trinajstić information content (AvgIpc) is 2.91. The number of nitrogens with one attached hydrogen (secondary N) is 2. The molecule has 0 fully saturated rings. The third-order valence-corrected chi connectivity index (χ3v) is 4.92. The van der Waals surface area contributed by atoms with Gasteiger partial charge in [-0.1, -0.05) is 24.3 Å². The normalized spacial score (nSPS) is 10.2. The molecule has 0 aliphatic carbocycles. The van der Waals surface area contributed by atoms with Gasteiger partial charge in [0.15, 0.2) is 13.2 Å². The molecule has 198 valence electrons. The van der Waals surface area contributed by atoms with Gasteiger partial charge in [-0.25, -0.2) is 9.59 Å². The zero-order valence-electron chi connectivity index (χ0n) is 21.0. The van der Waals surface area contributed by atoms with E-state index in [1.807, 2.05) is 0 Å². The molecule has 0 bridgehead atoms. The molecule has 0 aliphatic rings. The highest BCUT2D eigenvalue weighted by Crippen LogP contribution is 2.21. The van der Waals surface area contributed by atoms with Crippen molar-refractivity contribution in [1.82, 2.24) is 0 Å². The Morgan fingerprint density at radius 2 is 1.03 bits per heavy atom. The number of anilines is 2. The molecule has 38 heavy (non-hydrogen) atoms. The Bertz CT molecular complexity index is 1190. The monoisotopic (exact) mass is 520 g/mol. The summed E-state index contributed by atoms with van der Waals surface area (Å²) in [6, 6.07) is 19.4. The maximum Gasteiger partial charge on any atom is 0.344 e. The van der Waals surface area contributed by atoms with E-state index in [2.05, 4.69) is 10.6 Å². The van der Waals surface area contributed by atoms with Gasteiger partial charge >= 0.3 is 11.9 Å². The van der Waals surface area contributed by atoms with Crippen LogP contribution in [0.5, 0.6) is 11.5 Å². The second-order valence-electron chi connectivity index (χ2n) is 7.70. The molecular formula is C28H28N2O8. The summed E-state index contributed by atoms with van der Waals surface area (Å²) in [5.41, 5.74) is 1.13. The summed E-state index contributed by atoms with van der Waals surface area (Å²) in [7, 11) is 0. The fourth-order valence-electron chi connectivity index (χ4n) is 3.29. The second kappa shape index (κ2) is 14.0. The van der Waals surface area contributed by atoms with E-state index in [1.165, 1.54) is 12.1 Å². The summed E-state index contributed by atoms with van der Waals surface area (Å²) in [5, 5.41) is 5.48. The van der Waals surface area contributed by atoms with Crippen LogP contribution in [0, 0.1) is 0 Å². The summed E-state index contributed by atoms with van der Waals surface area (Å²) in [4.78, 5) is 49.1. The lowest BCUT2D eigenvalue weighted by Gasteiger charge is -2.12. The van der Waals surface area contributed by atoms with Crippen molar-refractivity contribution < 1.29 is 38.1 Å². The Labute approximate surface area is 219 Å². The highest BCUT2D eigenvalue weighted by molar-refractivity contribution is 6.15. The highest BCUT2D eigenvalue weighted by Gasteiger charge is 2.18. The SMILES string of the molecule is CCOC(=O)COc1cccc(NC(=O)c2ccccc2C(=O)Nc2cccc(OCC(=O)OCC)c2)c1. The van der Waals surface area contributed by atoms with Gasteiger partial charge in [0, 0.05) is 23.5 Å². The lowest BCUT2D eigenvalue weighted by Crippen LogP contribution is -2.20. The Hall–Kier alpha value is -4.86. The molecule has 3 rings (SSSR count). The Morgan fingerprint density at radius 3 is 1.42 bits per heavy atom. The number of amides is 2. The third kappa shape index (κ3) is 8.37. The molecule has 0 saturated heterocycles. The summed E-state index contributed by atoms with van der Waals surface area (Å²) in [5.74, 6) is -1.29. The first-order valence-electron chi connectivity index (χ1n) is 11.9. The molecule has 0 spiro atoms. The number of hydrogen-bond acceptors (Lipinski definition) is 8. The minimum absolute atomic E-state index is 0.151. The molecule has 10 nitrogen and oxygen atoms in total. The number of esters is 2. The van der Waals surface area contributed by atoms with Gasteiger partial charge in [0.1, 0.15) is 11.5 Å². The van der Waals surface area contributed by atoms with Gasteiger partial charge < -0.3 is 29.6 Å². The molecule has 2 amide bonds. The molecule has 0 aliphatic heterocycles. The number of carbonyl (C=O) groups is 4. The number of rotatable bonds is 12. The van der Waals surface area contributed by atoms with Gasteiger partial charge in [-0.15, -0.1) is 0 Å². The molecule has 0 saturated carbocycles. The van der Waals surface area contributed by atoms with Crippen LogP contribution in [0.4, 0.5) is 11.4 Å². The largest absolute Gasteiger partial charge is 0.482 e. The molecule has 10 heteroatoms. The van der Waals surface area contributed by atoms with Crippen molar-refractivity contribution in [2.75, 3.05) is 37.1 Å². The van der Waals surface area contributed by atoms with Crippen LogP contribution >= 0.6 is 0 Å². The Balaban J connectivity index is 1.67. The zero-order valence-corrected chi connectivity index (χ0v) is 21.0. The van der Waals surface area contributed by atoms with E-state index >= 15 is 0 Å². The Morgan fingerprint density at radius 1 is 0.605 bits per heavy atom.